The maximum absolute atomic E-state index is 13.9. The minimum Gasteiger partial charge on any atom is -0.497 e. The first-order chi connectivity index (χ1) is 20.3. The molecule has 42 heavy (non-hydrogen) atoms. The van der Waals surface area contributed by atoms with Crippen LogP contribution in [0.1, 0.15) is 24.5 Å². The first-order valence-corrected chi connectivity index (χ1v) is 14.7. The molecule has 0 amide bonds. The lowest BCUT2D eigenvalue weighted by Crippen LogP contribution is -2.35. The molecule has 0 radical (unpaired) electrons. The maximum Gasteiger partial charge on any atom is 0.326 e. The van der Waals surface area contributed by atoms with Gasteiger partial charge in [-0.2, -0.15) is 0 Å². The summed E-state index contributed by atoms with van der Waals surface area (Å²) in [4.78, 5) is 27.6. The topological polar surface area (TPSA) is 85.4 Å². The number of fused-ring (bicyclic) bond motifs is 1. The van der Waals surface area contributed by atoms with Gasteiger partial charge in [0, 0.05) is 29.0 Å². The second kappa shape index (κ2) is 14.0. The van der Waals surface area contributed by atoms with E-state index in [0.29, 0.717) is 22.9 Å². The molecule has 0 saturated heterocycles. The first kappa shape index (κ1) is 30.6. The van der Waals surface area contributed by atoms with Crippen molar-refractivity contribution >= 4 is 45.1 Å². The highest BCUT2D eigenvalue weighted by Crippen LogP contribution is 2.38. The molecule has 0 aliphatic carbocycles. The van der Waals surface area contributed by atoms with Crippen LogP contribution >= 0.6 is 0 Å². The summed E-state index contributed by atoms with van der Waals surface area (Å²) in [6.45, 7) is 4.42. The molecular formula is C33H36N2O6S. The summed E-state index contributed by atoms with van der Waals surface area (Å²) in [6, 6.07) is 26.5. The minimum absolute atomic E-state index is 0.189. The predicted octanol–water partition coefficient (Wildman–Crippen LogP) is 5.82. The van der Waals surface area contributed by atoms with Gasteiger partial charge in [-0.1, -0.05) is 48.5 Å². The van der Waals surface area contributed by atoms with Gasteiger partial charge in [0.2, 0.25) is 0 Å². The molecule has 9 heteroatoms. The molecule has 1 unspecified atom stereocenters. The van der Waals surface area contributed by atoms with Crippen LogP contribution in [-0.2, 0) is 36.6 Å². The van der Waals surface area contributed by atoms with Crippen molar-refractivity contribution in [2.24, 2.45) is 0 Å². The first-order valence-electron chi connectivity index (χ1n) is 13.6. The molecule has 2 atom stereocenters. The number of methoxy groups -OCH3 is 3. The summed E-state index contributed by atoms with van der Waals surface area (Å²) in [7, 11) is 2.54. The van der Waals surface area contributed by atoms with E-state index in [1.165, 1.54) is 14.2 Å². The van der Waals surface area contributed by atoms with Gasteiger partial charge in [-0.25, -0.2) is 4.21 Å². The minimum atomic E-state index is -1.73. The molecule has 0 aliphatic heterocycles. The second-order valence-electron chi connectivity index (χ2n) is 9.87. The van der Waals surface area contributed by atoms with E-state index >= 15 is 0 Å². The molecule has 0 bridgehead atoms. The zero-order valence-electron chi connectivity index (χ0n) is 24.5. The molecule has 0 spiro atoms. The Kier molecular flexibility index (Phi) is 10.2. The van der Waals surface area contributed by atoms with Crippen molar-refractivity contribution in [3.8, 4) is 5.75 Å². The Hall–Kier alpha value is -4.37. The number of hydrogen-bond donors (Lipinski definition) is 0. The zero-order valence-corrected chi connectivity index (χ0v) is 25.4. The number of carbonyl (C=O) groups is 2. The van der Waals surface area contributed by atoms with Crippen LogP contribution in [0.4, 0.5) is 11.4 Å². The van der Waals surface area contributed by atoms with Crippen molar-refractivity contribution in [2.75, 3.05) is 37.1 Å². The van der Waals surface area contributed by atoms with E-state index < -0.39 is 17.0 Å². The van der Waals surface area contributed by atoms with Crippen molar-refractivity contribution in [3.05, 3.63) is 96.1 Å². The molecule has 4 aromatic carbocycles. The fraction of sp³-hybridized carbons (Fsp3) is 0.273. The molecule has 4 rings (SSSR count). The second-order valence-corrected chi connectivity index (χ2v) is 11.3. The average Bonchev–Trinajstić information content (AvgIpc) is 3.02. The van der Waals surface area contributed by atoms with Gasteiger partial charge in [0.25, 0.3) is 0 Å². The summed E-state index contributed by atoms with van der Waals surface area (Å²) in [6.07, 6.45) is 0.203. The Morgan fingerprint density at radius 1 is 0.786 bits per heavy atom. The number of aryl methyl sites for hydroxylation is 1. The van der Waals surface area contributed by atoms with Crippen molar-refractivity contribution < 1.29 is 28.0 Å². The molecule has 0 aliphatic rings. The monoisotopic (exact) mass is 588 g/mol. The Bertz CT molecular complexity index is 1570. The maximum atomic E-state index is 13.9. The number of hydrogen-bond acceptors (Lipinski definition) is 7. The Morgan fingerprint density at radius 3 is 2.00 bits per heavy atom. The number of nitrogens with zero attached hydrogens (tertiary/aromatic N) is 2. The molecule has 4 aromatic rings. The highest BCUT2D eigenvalue weighted by atomic mass is 32.2. The lowest BCUT2D eigenvalue weighted by Gasteiger charge is -2.33. The Labute approximate surface area is 249 Å². The SMILES string of the molecule is COC(=O)C[C@H](C)N(Cc1ccccc1C)c1ccc(N(CC(=O)OC)S(=O)c2ccc(OC)cc2)c2ccccc12. The lowest BCUT2D eigenvalue weighted by atomic mass is 10.0. The van der Waals surface area contributed by atoms with Gasteiger partial charge in [0.05, 0.1) is 38.3 Å². The average molecular weight is 589 g/mol. The summed E-state index contributed by atoms with van der Waals surface area (Å²) in [5.41, 5.74) is 3.80. The summed E-state index contributed by atoms with van der Waals surface area (Å²) in [5.74, 6) is -0.171. The van der Waals surface area contributed by atoms with Crippen LogP contribution in [0, 0.1) is 6.92 Å². The number of esters is 2. The number of carbonyl (C=O) groups excluding carboxylic acids is 2. The molecule has 0 N–H and O–H groups in total. The van der Waals surface area contributed by atoms with Crippen LogP contribution in [0.25, 0.3) is 10.8 Å². The molecule has 0 aromatic heterocycles. The van der Waals surface area contributed by atoms with Crippen molar-refractivity contribution in [1.82, 2.24) is 0 Å². The molecule has 0 fully saturated rings. The van der Waals surface area contributed by atoms with Crippen molar-refractivity contribution in [3.63, 3.8) is 0 Å². The van der Waals surface area contributed by atoms with Crippen LogP contribution in [-0.4, -0.2) is 50.1 Å². The van der Waals surface area contributed by atoms with Gasteiger partial charge in [-0.05, 0) is 61.4 Å². The third kappa shape index (κ3) is 6.91. The van der Waals surface area contributed by atoms with E-state index in [4.69, 9.17) is 14.2 Å². The summed E-state index contributed by atoms with van der Waals surface area (Å²) in [5, 5.41) is 1.70. The lowest BCUT2D eigenvalue weighted by molar-refractivity contribution is -0.141. The summed E-state index contributed by atoms with van der Waals surface area (Å²) >= 11 is 0. The van der Waals surface area contributed by atoms with Gasteiger partial charge in [0.15, 0.2) is 11.0 Å². The van der Waals surface area contributed by atoms with E-state index in [1.54, 1.807) is 35.7 Å². The third-order valence-electron chi connectivity index (χ3n) is 7.24. The highest BCUT2D eigenvalue weighted by molar-refractivity contribution is 7.86. The fourth-order valence-electron chi connectivity index (χ4n) is 4.85. The smallest absolute Gasteiger partial charge is 0.326 e. The van der Waals surface area contributed by atoms with Gasteiger partial charge >= 0.3 is 11.9 Å². The van der Waals surface area contributed by atoms with E-state index in [0.717, 1.165) is 27.6 Å². The standard InChI is InChI=1S/C33H36N2O6S/c1-23-10-6-7-11-25(23)21-34(24(2)20-32(36)40-4)30-18-19-31(29-13-9-8-12-28(29)30)35(22-33(37)41-5)42(38)27-16-14-26(39-3)15-17-27/h6-19,24H,20-22H2,1-5H3/t24-,42?/m0/s1. The fourth-order valence-corrected chi connectivity index (χ4v) is 6.04. The van der Waals surface area contributed by atoms with E-state index in [2.05, 4.69) is 24.0 Å². The van der Waals surface area contributed by atoms with Crippen molar-refractivity contribution in [2.45, 2.75) is 37.8 Å². The predicted molar refractivity (Wildman–Crippen MR) is 166 cm³/mol. The molecule has 0 saturated carbocycles. The molecule has 0 heterocycles. The van der Waals surface area contributed by atoms with Crippen molar-refractivity contribution in [1.29, 1.82) is 0 Å². The van der Waals surface area contributed by atoms with E-state index in [1.807, 2.05) is 55.5 Å². The number of benzene rings is 4. The Balaban J connectivity index is 1.85. The largest absolute Gasteiger partial charge is 0.497 e. The van der Waals surface area contributed by atoms with Crippen LogP contribution in [0.15, 0.2) is 89.8 Å². The van der Waals surface area contributed by atoms with Crippen LogP contribution < -0.4 is 13.9 Å². The normalized spacial score (nSPS) is 12.3. The molecule has 8 nitrogen and oxygen atoms in total. The molecule has 220 valence electrons. The molecular weight excluding hydrogens is 552 g/mol. The number of rotatable bonds is 12. The quantitative estimate of drug-likeness (QED) is 0.193. The van der Waals surface area contributed by atoms with Gasteiger partial charge in [-0.3, -0.25) is 13.9 Å². The zero-order chi connectivity index (χ0) is 30.2. The Morgan fingerprint density at radius 2 is 1.38 bits per heavy atom. The third-order valence-corrected chi connectivity index (χ3v) is 8.64. The van der Waals surface area contributed by atoms with Gasteiger partial charge in [-0.15, -0.1) is 0 Å². The van der Waals surface area contributed by atoms with Gasteiger partial charge < -0.3 is 19.1 Å². The van der Waals surface area contributed by atoms with Gasteiger partial charge in [0.1, 0.15) is 12.3 Å². The number of ether oxygens (including phenoxy) is 3. The van der Waals surface area contributed by atoms with Crippen LogP contribution in [0.3, 0.4) is 0 Å². The van der Waals surface area contributed by atoms with Crippen LogP contribution in [0.2, 0.25) is 0 Å². The summed E-state index contributed by atoms with van der Waals surface area (Å²) < 4.78 is 30.7. The van der Waals surface area contributed by atoms with E-state index in [9.17, 15) is 13.8 Å². The number of anilines is 2. The van der Waals surface area contributed by atoms with Crippen LogP contribution in [0.5, 0.6) is 5.75 Å². The highest BCUT2D eigenvalue weighted by Gasteiger charge is 2.26. The van der Waals surface area contributed by atoms with E-state index in [-0.39, 0.29) is 25.0 Å².